The van der Waals surface area contributed by atoms with Crippen molar-refractivity contribution in [3.8, 4) is 0 Å². The molecule has 0 aromatic rings. The summed E-state index contributed by atoms with van der Waals surface area (Å²) < 4.78 is 5.17. The van der Waals surface area contributed by atoms with Gasteiger partial charge in [0.2, 0.25) is 0 Å². The molecule has 1 unspecified atom stereocenters. The van der Waals surface area contributed by atoms with Gasteiger partial charge in [-0.05, 0) is 34.1 Å². The van der Waals surface area contributed by atoms with Crippen molar-refractivity contribution < 1.29 is 4.74 Å². The van der Waals surface area contributed by atoms with Crippen molar-refractivity contribution in [3.05, 3.63) is 0 Å². The molecule has 15 heavy (non-hydrogen) atoms. The van der Waals surface area contributed by atoms with Crippen LogP contribution in [0, 0.1) is 0 Å². The summed E-state index contributed by atoms with van der Waals surface area (Å²) in [6, 6.07) is 1.26. The number of nitrogens with one attached hydrogen (secondary N) is 1. The minimum Gasteiger partial charge on any atom is -0.383 e. The largest absolute Gasteiger partial charge is 0.383 e. The Bertz CT molecular complexity index is 192. The molecule has 1 aliphatic rings. The summed E-state index contributed by atoms with van der Waals surface area (Å²) in [5.41, 5.74) is 0.297. The quantitative estimate of drug-likeness (QED) is 0.750. The van der Waals surface area contributed by atoms with E-state index >= 15 is 0 Å². The van der Waals surface area contributed by atoms with Crippen LogP contribution in [0.4, 0.5) is 0 Å². The Morgan fingerprint density at radius 2 is 2.13 bits per heavy atom. The Morgan fingerprint density at radius 1 is 1.47 bits per heavy atom. The van der Waals surface area contributed by atoms with Gasteiger partial charge in [0.25, 0.3) is 0 Å². The highest BCUT2D eigenvalue weighted by molar-refractivity contribution is 4.95. The molecule has 90 valence electrons. The van der Waals surface area contributed by atoms with E-state index in [1.54, 1.807) is 7.11 Å². The minimum atomic E-state index is 0.297. The van der Waals surface area contributed by atoms with Crippen LogP contribution in [-0.4, -0.2) is 49.3 Å². The van der Waals surface area contributed by atoms with Crippen molar-refractivity contribution in [2.45, 2.75) is 51.7 Å². The maximum atomic E-state index is 5.17. The fourth-order valence-electron chi connectivity index (χ4n) is 2.42. The van der Waals surface area contributed by atoms with Gasteiger partial charge in [-0.15, -0.1) is 0 Å². The van der Waals surface area contributed by atoms with E-state index in [0.717, 1.165) is 19.7 Å². The SMILES string of the molecule is COCCN(C(C)C)C1CNC(C)(C)C1. The Balaban J connectivity index is 2.50. The molecule has 1 heterocycles. The van der Waals surface area contributed by atoms with Crippen LogP contribution in [-0.2, 0) is 4.74 Å². The van der Waals surface area contributed by atoms with E-state index in [2.05, 4.69) is 37.9 Å². The van der Waals surface area contributed by atoms with Crippen molar-refractivity contribution in [2.75, 3.05) is 26.8 Å². The number of ether oxygens (including phenoxy) is 1. The lowest BCUT2D eigenvalue weighted by Gasteiger charge is -2.32. The van der Waals surface area contributed by atoms with E-state index in [9.17, 15) is 0 Å². The van der Waals surface area contributed by atoms with Gasteiger partial charge in [0, 0.05) is 37.8 Å². The lowest BCUT2D eigenvalue weighted by molar-refractivity contribution is 0.0997. The Hall–Kier alpha value is -0.120. The number of nitrogens with zero attached hydrogens (tertiary/aromatic N) is 1. The zero-order valence-corrected chi connectivity index (χ0v) is 10.8. The first kappa shape index (κ1) is 12.9. The van der Waals surface area contributed by atoms with E-state index in [1.165, 1.54) is 6.42 Å². The summed E-state index contributed by atoms with van der Waals surface area (Å²) >= 11 is 0. The molecule has 1 saturated heterocycles. The molecule has 1 N–H and O–H groups in total. The van der Waals surface area contributed by atoms with Crippen molar-refractivity contribution in [3.63, 3.8) is 0 Å². The van der Waals surface area contributed by atoms with E-state index < -0.39 is 0 Å². The maximum absolute atomic E-state index is 5.17. The molecule has 0 aliphatic carbocycles. The molecule has 1 aliphatic heterocycles. The molecule has 1 rings (SSSR count). The first-order valence-corrected chi connectivity index (χ1v) is 5.96. The van der Waals surface area contributed by atoms with Crippen LogP contribution in [0.15, 0.2) is 0 Å². The summed E-state index contributed by atoms with van der Waals surface area (Å²) in [4.78, 5) is 2.55. The molecule has 0 aromatic heterocycles. The molecular formula is C12H26N2O. The monoisotopic (exact) mass is 214 g/mol. The van der Waals surface area contributed by atoms with Crippen molar-refractivity contribution in [1.82, 2.24) is 10.2 Å². The van der Waals surface area contributed by atoms with Crippen LogP contribution in [0.1, 0.15) is 34.1 Å². The highest BCUT2D eigenvalue weighted by Gasteiger charge is 2.34. The summed E-state index contributed by atoms with van der Waals surface area (Å²) in [5.74, 6) is 0. The molecule has 0 aromatic carbocycles. The number of methoxy groups -OCH3 is 1. The highest BCUT2D eigenvalue weighted by atomic mass is 16.5. The van der Waals surface area contributed by atoms with E-state index in [-0.39, 0.29) is 0 Å². The van der Waals surface area contributed by atoms with Crippen molar-refractivity contribution in [2.24, 2.45) is 0 Å². The first-order chi connectivity index (χ1) is 6.96. The van der Waals surface area contributed by atoms with E-state index in [0.29, 0.717) is 17.6 Å². The Labute approximate surface area is 94.2 Å². The summed E-state index contributed by atoms with van der Waals surface area (Å²) in [6.45, 7) is 12.1. The average Bonchev–Trinajstić information content (AvgIpc) is 2.46. The van der Waals surface area contributed by atoms with Crippen LogP contribution in [0.5, 0.6) is 0 Å². The third-order valence-electron chi connectivity index (χ3n) is 3.25. The summed E-state index contributed by atoms with van der Waals surface area (Å²) in [5, 5.41) is 3.58. The van der Waals surface area contributed by atoms with E-state index in [1.807, 2.05) is 0 Å². The first-order valence-electron chi connectivity index (χ1n) is 5.96. The number of hydrogen-bond donors (Lipinski definition) is 1. The van der Waals surface area contributed by atoms with Gasteiger partial charge in [0.15, 0.2) is 0 Å². The second-order valence-electron chi connectivity index (χ2n) is 5.45. The van der Waals surface area contributed by atoms with Gasteiger partial charge >= 0.3 is 0 Å². The van der Waals surface area contributed by atoms with Gasteiger partial charge in [-0.3, -0.25) is 4.90 Å². The lowest BCUT2D eigenvalue weighted by Crippen LogP contribution is -2.43. The van der Waals surface area contributed by atoms with Gasteiger partial charge in [0.05, 0.1) is 6.61 Å². The zero-order chi connectivity index (χ0) is 11.5. The number of rotatable bonds is 5. The third kappa shape index (κ3) is 3.74. The molecule has 0 bridgehead atoms. The predicted molar refractivity (Wildman–Crippen MR) is 64.2 cm³/mol. The highest BCUT2D eigenvalue weighted by Crippen LogP contribution is 2.23. The molecule has 1 atom stereocenters. The molecule has 0 spiro atoms. The van der Waals surface area contributed by atoms with Crippen LogP contribution in [0.2, 0.25) is 0 Å². The molecule has 0 saturated carbocycles. The Kier molecular flexibility index (Phi) is 4.56. The van der Waals surface area contributed by atoms with Gasteiger partial charge in [-0.2, -0.15) is 0 Å². The molecular weight excluding hydrogens is 188 g/mol. The second-order valence-corrected chi connectivity index (χ2v) is 5.45. The normalized spacial score (nSPS) is 25.4. The van der Waals surface area contributed by atoms with Crippen LogP contribution in [0.25, 0.3) is 0 Å². The summed E-state index contributed by atoms with van der Waals surface area (Å²) in [6.07, 6.45) is 1.23. The van der Waals surface area contributed by atoms with Gasteiger partial charge < -0.3 is 10.1 Å². The molecule has 0 radical (unpaired) electrons. The topological polar surface area (TPSA) is 24.5 Å². The van der Waals surface area contributed by atoms with Gasteiger partial charge in [-0.1, -0.05) is 0 Å². The van der Waals surface area contributed by atoms with Gasteiger partial charge in [0.1, 0.15) is 0 Å². The van der Waals surface area contributed by atoms with Crippen molar-refractivity contribution >= 4 is 0 Å². The summed E-state index contributed by atoms with van der Waals surface area (Å²) in [7, 11) is 1.77. The van der Waals surface area contributed by atoms with E-state index in [4.69, 9.17) is 4.74 Å². The standard InChI is InChI=1S/C12H26N2O/c1-10(2)14(6-7-15-5)11-8-12(3,4)13-9-11/h10-11,13H,6-9H2,1-5H3. The van der Waals surface area contributed by atoms with Crippen LogP contribution < -0.4 is 5.32 Å². The maximum Gasteiger partial charge on any atom is 0.0589 e. The minimum absolute atomic E-state index is 0.297. The number of hydrogen-bond acceptors (Lipinski definition) is 3. The second kappa shape index (κ2) is 5.28. The lowest BCUT2D eigenvalue weighted by atomic mass is 10.00. The predicted octanol–water partition coefficient (Wildman–Crippen LogP) is 1.48. The fourth-order valence-corrected chi connectivity index (χ4v) is 2.42. The van der Waals surface area contributed by atoms with Crippen molar-refractivity contribution in [1.29, 1.82) is 0 Å². The molecule has 0 amide bonds. The average molecular weight is 214 g/mol. The van der Waals surface area contributed by atoms with Crippen LogP contribution >= 0.6 is 0 Å². The smallest absolute Gasteiger partial charge is 0.0589 e. The molecule has 3 nitrogen and oxygen atoms in total. The molecule has 3 heteroatoms. The molecule has 1 fully saturated rings. The van der Waals surface area contributed by atoms with Crippen LogP contribution in [0.3, 0.4) is 0 Å². The Morgan fingerprint density at radius 3 is 2.53 bits per heavy atom. The fraction of sp³-hybridized carbons (Fsp3) is 1.00. The van der Waals surface area contributed by atoms with Gasteiger partial charge in [-0.25, -0.2) is 0 Å². The third-order valence-corrected chi connectivity index (χ3v) is 3.25. The zero-order valence-electron chi connectivity index (χ0n) is 10.8.